The van der Waals surface area contributed by atoms with E-state index in [2.05, 4.69) is 20.9 Å². The monoisotopic (exact) mass is 559 g/mol. The Morgan fingerprint density at radius 1 is 0.925 bits per heavy atom. The Kier molecular flexibility index (Phi) is 12.6. The molecule has 1 heterocycles. The molecule has 11 N–H and O–H groups in total. The van der Waals surface area contributed by atoms with Crippen molar-refractivity contribution in [3.63, 3.8) is 0 Å². The molecule has 13 nitrogen and oxygen atoms in total. The van der Waals surface area contributed by atoms with E-state index >= 15 is 0 Å². The van der Waals surface area contributed by atoms with Gasteiger partial charge >= 0.3 is 5.97 Å². The minimum Gasteiger partial charge on any atom is -0.480 e. The Hall–Kier alpha value is -3.97. The zero-order chi connectivity index (χ0) is 29.8. The van der Waals surface area contributed by atoms with E-state index in [1.165, 1.54) is 0 Å². The average Bonchev–Trinajstić information content (AvgIpc) is 3.29. The maximum atomic E-state index is 13.4. The van der Waals surface area contributed by atoms with Crippen molar-refractivity contribution in [2.45, 2.75) is 76.5 Å². The van der Waals surface area contributed by atoms with Crippen LogP contribution in [-0.2, 0) is 30.4 Å². The van der Waals surface area contributed by atoms with Gasteiger partial charge in [-0.2, -0.15) is 0 Å². The van der Waals surface area contributed by atoms with Gasteiger partial charge in [-0.05, 0) is 43.4 Å². The van der Waals surface area contributed by atoms with Crippen molar-refractivity contribution < 1.29 is 29.1 Å². The molecular formula is C27H41N7O6. The lowest BCUT2D eigenvalue weighted by molar-refractivity contribution is -0.143. The number of para-hydroxylation sites is 1. The molecule has 4 unspecified atom stereocenters. The first kappa shape index (κ1) is 32.2. The highest BCUT2D eigenvalue weighted by molar-refractivity contribution is 5.96. The Morgan fingerprint density at radius 2 is 1.55 bits per heavy atom. The second-order valence-electron chi connectivity index (χ2n) is 10.3. The number of nitrogens with one attached hydrogen (secondary N) is 4. The molecule has 0 saturated carbocycles. The maximum Gasteiger partial charge on any atom is 0.326 e. The van der Waals surface area contributed by atoms with Gasteiger partial charge < -0.3 is 43.2 Å². The summed E-state index contributed by atoms with van der Waals surface area (Å²) >= 11 is 0. The molecule has 0 fully saturated rings. The molecule has 0 radical (unpaired) electrons. The predicted octanol–water partition coefficient (Wildman–Crippen LogP) is -0.373. The number of aromatic nitrogens is 1. The van der Waals surface area contributed by atoms with Gasteiger partial charge in [-0.3, -0.25) is 19.2 Å². The third-order valence-corrected chi connectivity index (χ3v) is 6.40. The number of benzene rings is 1. The number of hydrogen-bond acceptors (Lipinski definition) is 7. The van der Waals surface area contributed by atoms with Crippen LogP contribution in [0.25, 0.3) is 10.9 Å². The summed E-state index contributed by atoms with van der Waals surface area (Å²) in [5.41, 5.74) is 18.2. The molecule has 4 atom stereocenters. The van der Waals surface area contributed by atoms with Gasteiger partial charge in [0, 0.05) is 23.5 Å². The lowest BCUT2D eigenvalue weighted by Crippen LogP contribution is -2.58. The Balaban J connectivity index is 2.29. The summed E-state index contributed by atoms with van der Waals surface area (Å²) in [6.45, 7) is 4.09. The maximum absolute atomic E-state index is 13.4. The lowest BCUT2D eigenvalue weighted by atomic mass is 10.0. The van der Waals surface area contributed by atoms with Gasteiger partial charge in [0.2, 0.25) is 23.6 Å². The molecule has 1 aromatic heterocycles. The Labute approximate surface area is 233 Å². The molecule has 2 rings (SSSR count). The van der Waals surface area contributed by atoms with Crippen molar-refractivity contribution >= 4 is 40.5 Å². The first-order chi connectivity index (χ1) is 18.9. The number of carbonyl (C=O) groups is 5. The van der Waals surface area contributed by atoms with E-state index in [0.717, 1.165) is 10.9 Å². The Morgan fingerprint density at radius 3 is 2.17 bits per heavy atom. The third kappa shape index (κ3) is 9.97. The standard InChI is InChI=1S/C27H41N7O6/c1-15(2)11-22(27(39)40)34-25(37)20(12-16-14-31-19-9-4-3-7-17(16)19)33-26(38)21(13-23(30)35)32-24(36)18(29)8-5-6-10-28/h3-4,7,9,14-15,18,20-22,31H,5-6,8,10-13,28-29H2,1-2H3,(H2,30,35)(H,32,36)(H,33,38)(H,34,37)(H,39,40). The second kappa shape index (κ2) is 15.6. The van der Waals surface area contributed by atoms with E-state index in [0.29, 0.717) is 31.4 Å². The first-order valence-electron chi connectivity index (χ1n) is 13.4. The molecule has 2 aromatic rings. The molecule has 4 amide bonds. The topological polar surface area (TPSA) is 236 Å². The van der Waals surface area contributed by atoms with Gasteiger partial charge in [0.05, 0.1) is 12.5 Å². The molecule has 0 bridgehead atoms. The van der Waals surface area contributed by atoms with Crippen molar-refractivity contribution in [3.05, 3.63) is 36.0 Å². The van der Waals surface area contributed by atoms with E-state index < -0.39 is 60.2 Å². The molecule has 1 aromatic carbocycles. The normalized spacial score (nSPS) is 14.2. The van der Waals surface area contributed by atoms with Crippen LogP contribution in [0.1, 0.15) is 51.5 Å². The van der Waals surface area contributed by atoms with Crippen LogP contribution in [0.2, 0.25) is 0 Å². The van der Waals surface area contributed by atoms with Crippen molar-refractivity contribution in [1.82, 2.24) is 20.9 Å². The Bertz CT molecular complexity index is 1180. The zero-order valence-corrected chi connectivity index (χ0v) is 22.9. The van der Waals surface area contributed by atoms with Gasteiger partial charge in [-0.15, -0.1) is 0 Å². The fourth-order valence-electron chi connectivity index (χ4n) is 4.30. The van der Waals surface area contributed by atoms with Gasteiger partial charge in [0.15, 0.2) is 0 Å². The number of fused-ring (bicyclic) bond motifs is 1. The molecule has 0 aliphatic heterocycles. The molecule has 0 spiro atoms. The number of carboxylic acid groups (broad SMARTS) is 1. The smallest absolute Gasteiger partial charge is 0.326 e. The minimum absolute atomic E-state index is 0.00540. The SMILES string of the molecule is CC(C)CC(NC(=O)C(Cc1c[nH]c2ccccc12)NC(=O)C(CC(N)=O)NC(=O)C(N)CCCCN)C(=O)O. The van der Waals surface area contributed by atoms with Gasteiger partial charge in [-0.25, -0.2) is 4.79 Å². The quantitative estimate of drug-likeness (QED) is 0.119. The molecular weight excluding hydrogens is 518 g/mol. The first-order valence-corrected chi connectivity index (χ1v) is 13.4. The predicted molar refractivity (Wildman–Crippen MR) is 150 cm³/mol. The molecule has 0 aliphatic rings. The van der Waals surface area contributed by atoms with Crippen LogP contribution in [0.4, 0.5) is 0 Å². The van der Waals surface area contributed by atoms with Gasteiger partial charge in [-0.1, -0.05) is 38.5 Å². The highest BCUT2D eigenvalue weighted by atomic mass is 16.4. The van der Waals surface area contributed by atoms with E-state index in [-0.39, 0.29) is 18.8 Å². The number of carboxylic acids is 1. The van der Waals surface area contributed by atoms with Crippen LogP contribution in [0.15, 0.2) is 30.5 Å². The van der Waals surface area contributed by atoms with Gasteiger partial charge in [0.25, 0.3) is 0 Å². The molecule has 0 aliphatic carbocycles. The number of primary amides is 1. The molecule has 0 saturated heterocycles. The largest absolute Gasteiger partial charge is 0.480 e. The summed E-state index contributed by atoms with van der Waals surface area (Å²) in [6, 6.07) is 2.63. The summed E-state index contributed by atoms with van der Waals surface area (Å²) < 4.78 is 0. The van der Waals surface area contributed by atoms with Crippen LogP contribution >= 0.6 is 0 Å². The highest BCUT2D eigenvalue weighted by Gasteiger charge is 2.32. The number of rotatable bonds is 17. The van der Waals surface area contributed by atoms with Crippen LogP contribution in [0, 0.1) is 5.92 Å². The molecule has 40 heavy (non-hydrogen) atoms. The number of unbranched alkanes of at least 4 members (excludes halogenated alkanes) is 1. The fourth-order valence-corrected chi connectivity index (χ4v) is 4.30. The number of nitrogens with two attached hydrogens (primary N) is 3. The van der Waals surface area contributed by atoms with Gasteiger partial charge in [0.1, 0.15) is 18.1 Å². The zero-order valence-electron chi connectivity index (χ0n) is 22.9. The van der Waals surface area contributed by atoms with E-state index in [1.54, 1.807) is 6.20 Å². The number of carbonyl (C=O) groups excluding carboxylic acids is 4. The van der Waals surface area contributed by atoms with Crippen LogP contribution < -0.4 is 33.2 Å². The van der Waals surface area contributed by atoms with Crippen molar-refractivity contribution in [2.24, 2.45) is 23.1 Å². The summed E-state index contributed by atoms with van der Waals surface area (Å²) in [4.78, 5) is 65.9. The summed E-state index contributed by atoms with van der Waals surface area (Å²) in [6.07, 6.45) is 2.95. The summed E-state index contributed by atoms with van der Waals surface area (Å²) in [5, 5.41) is 18.0. The van der Waals surface area contributed by atoms with Crippen molar-refractivity contribution in [3.8, 4) is 0 Å². The number of amides is 4. The number of hydrogen-bond donors (Lipinski definition) is 8. The van der Waals surface area contributed by atoms with Crippen LogP contribution in [0.3, 0.4) is 0 Å². The number of H-pyrrole nitrogens is 1. The van der Waals surface area contributed by atoms with Crippen molar-refractivity contribution in [1.29, 1.82) is 0 Å². The third-order valence-electron chi connectivity index (χ3n) is 6.40. The fraction of sp³-hybridized carbons (Fsp3) is 0.519. The number of aliphatic carboxylic acids is 1. The minimum atomic E-state index is -1.39. The molecule has 220 valence electrons. The average molecular weight is 560 g/mol. The van der Waals surface area contributed by atoms with Crippen molar-refractivity contribution in [2.75, 3.05) is 6.54 Å². The summed E-state index contributed by atoms with van der Waals surface area (Å²) in [5.74, 6) is -4.29. The van der Waals surface area contributed by atoms with E-state index in [9.17, 15) is 29.1 Å². The molecule has 13 heteroatoms. The lowest BCUT2D eigenvalue weighted by Gasteiger charge is -2.25. The van der Waals surface area contributed by atoms with Crippen LogP contribution in [0.5, 0.6) is 0 Å². The van der Waals surface area contributed by atoms with Crippen LogP contribution in [-0.4, -0.2) is 70.4 Å². The van der Waals surface area contributed by atoms with E-state index in [1.807, 2.05) is 38.1 Å². The second-order valence-corrected chi connectivity index (χ2v) is 10.3. The highest BCUT2D eigenvalue weighted by Crippen LogP contribution is 2.19. The summed E-state index contributed by atoms with van der Waals surface area (Å²) in [7, 11) is 0. The number of aromatic amines is 1. The van der Waals surface area contributed by atoms with E-state index in [4.69, 9.17) is 17.2 Å².